The number of methoxy groups -OCH3 is 1. The molecule has 0 heterocycles. The van der Waals surface area contributed by atoms with Crippen LogP contribution >= 0.6 is 0 Å². The summed E-state index contributed by atoms with van der Waals surface area (Å²) in [7, 11) is 1.65. The van der Waals surface area contributed by atoms with Gasteiger partial charge in [0.25, 0.3) is 0 Å². The predicted octanol–water partition coefficient (Wildman–Crippen LogP) is 1.25. The Morgan fingerprint density at radius 2 is 2.19 bits per heavy atom. The van der Waals surface area contributed by atoms with Crippen molar-refractivity contribution in [3.63, 3.8) is 0 Å². The Morgan fingerprint density at radius 3 is 2.69 bits per heavy atom. The third kappa shape index (κ3) is 3.94. The van der Waals surface area contributed by atoms with Crippen LogP contribution in [0.25, 0.3) is 0 Å². The van der Waals surface area contributed by atoms with Gasteiger partial charge in [0.2, 0.25) is 0 Å². The van der Waals surface area contributed by atoms with Gasteiger partial charge in [-0.2, -0.15) is 0 Å². The van der Waals surface area contributed by atoms with Gasteiger partial charge < -0.3 is 15.2 Å². The van der Waals surface area contributed by atoms with Crippen LogP contribution in [0.2, 0.25) is 0 Å². The average Bonchev–Trinajstić information content (AvgIpc) is 2.64. The van der Waals surface area contributed by atoms with Crippen LogP contribution in [0.1, 0.15) is 26.7 Å². The van der Waals surface area contributed by atoms with Gasteiger partial charge in [0, 0.05) is 19.6 Å². The Morgan fingerprint density at radius 1 is 1.50 bits per heavy atom. The molecule has 4 heteroatoms. The molecule has 0 aliphatic heterocycles. The molecule has 0 aromatic heterocycles. The van der Waals surface area contributed by atoms with E-state index >= 15 is 0 Å². The molecule has 16 heavy (non-hydrogen) atoms. The minimum Gasteiger partial charge on any atom is -0.465 e. The van der Waals surface area contributed by atoms with Crippen molar-refractivity contribution in [3.8, 4) is 0 Å². The largest absolute Gasteiger partial charge is 0.465 e. The van der Waals surface area contributed by atoms with E-state index in [1.54, 1.807) is 7.11 Å². The van der Waals surface area contributed by atoms with E-state index in [4.69, 9.17) is 15.2 Å². The maximum atomic E-state index is 11.6. The summed E-state index contributed by atoms with van der Waals surface area (Å²) in [6, 6.07) is -0.00651. The van der Waals surface area contributed by atoms with E-state index in [9.17, 15) is 4.79 Å². The lowest BCUT2D eigenvalue weighted by atomic mass is 10.1. The van der Waals surface area contributed by atoms with Crippen LogP contribution in [0, 0.1) is 5.92 Å². The molecule has 0 aromatic carbocycles. The topological polar surface area (TPSA) is 61.5 Å². The fourth-order valence-corrected chi connectivity index (χ4v) is 1.51. The summed E-state index contributed by atoms with van der Waals surface area (Å²) < 4.78 is 10.4. The van der Waals surface area contributed by atoms with Gasteiger partial charge in [-0.15, -0.1) is 0 Å². The van der Waals surface area contributed by atoms with Crippen molar-refractivity contribution in [1.82, 2.24) is 0 Å². The summed E-state index contributed by atoms with van der Waals surface area (Å²) in [6.07, 6.45) is 5.03. The summed E-state index contributed by atoms with van der Waals surface area (Å²) in [4.78, 5) is 11.6. The first-order valence-corrected chi connectivity index (χ1v) is 5.60. The first-order chi connectivity index (χ1) is 7.44. The summed E-state index contributed by atoms with van der Waals surface area (Å²) in [5.74, 6) is -0.350. The van der Waals surface area contributed by atoms with Crippen LogP contribution in [-0.2, 0) is 14.3 Å². The van der Waals surface area contributed by atoms with Crippen molar-refractivity contribution >= 4 is 5.97 Å². The smallest absolute Gasteiger partial charge is 0.312 e. The average molecular weight is 227 g/mol. The normalized spacial score (nSPS) is 24.8. The Bertz CT molecular complexity index is 273. The van der Waals surface area contributed by atoms with Crippen LogP contribution in [-0.4, -0.2) is 31.3 Å². The molecule has 1 aliphatic rings. The third-order valence-corrected chi connectivity index (χ3v) is 2.92. The molecule has 1 aliphatic carbocycles. The molecule has 2 atom stereocenters. The Balaban J connectivity index is 2.24. The number of nitrogens with two attached hydrogens (primary N) is 1. The monoisotopic (exact) mass is 227 g/mol. The predicted molar refractivity (Wildman–Crippen MR) is 61.9 cm³/mol. The van der Waals surface area contributed by atoms with Crippen molar-refractivity contribution in [1.29, 1.82) is 0 Å². The minimum absolute atomic E-state index is 0.00651. The molecule has 0 amide bonds. The van der Waals surface area contributed by atoms with Gasteiger partial charge in [0.1, 0.15) is 0 Å². The van der Waals surface area contributed by atoms with Gasteiger partial charge in [-0.1, -0.05) is 12.2 Å². The highest BCUT2D eigenvalue weighted by Crippen LogP contribution is 2.19. The molecule has 0 bridgehead atoms. The number of esters is 1. The van der Waals surface area contributed by atoms with E-state index < -0.39 is 0 Å². The molecule has 2 N–H and O–H groups in total. The zero-order valence-electron chi connectivity index (χ0n) is 10.2. The molecule has 92 valence electrons. The second kappa shape index (κ2) is 5.46. The zero-order chi connectivity index (χ0) is 12.2. The van der Waals surface area contributed by atoms with Crippen LogP contribution in [0.3, 0.4) is 0 Å². The molecule has 0 spiro atoms. The molecule has 0 radical (unpaired) electrons. The highest BCUT2D eigenvalue weighted by Gasteiger charge is 2.24. The molecule has 4 nitrogen and oxygen atoms in total. The Labute approximate surface area is 96.8 Å². The van der Waals surface area contributed by atoms with Gasteiger partial charge in [-0.05, 0) is 20.3 Å². The molecule has 0 fully saturated rings. The number of rotatable bonds is 5. The number of carbonyl (C=O) groups is 1. The van der Waals surface area contributed by atoms with Crippen molar-refractivity contribution in [2.75, 3.05) is 13.7 Å². The van der Waals surface area contributed by atoms with Crippen LogP contribution in [0.15, 0.2) is 12.2 Å². The van der Waals surface area contributed by atoms with Gasteiger partial charge in [-0.25, -0.2) is 0 Å². The fourth-order valence-electron chi connectivity index (χ4n) is 1.51. The molecular weight excluding hydrogens is 206 g/mol. The van der Waals surface area contributed by atoms with E-state index in [-0.39, 0.29) is 23.5 Å². The first-order valence-electron chi connectivity index (χ1n) is 5.60. The van der Waals surface area contributed by atoms with Gasteiger partial charge >= 0.3 is 5.97 Å². The van der Waals surface area contributed by atoms with Crippen LogP contribution < -0.4 is 5.73 Å². The number of carbonyl (C=O) groups excluding carboxylic acids is 1. The van der Waals surface area contributed by atoms with E-state index in [1.807, 2.05) is 26.0 Å². The second-order valence-electron chi connectivity index (χ2n) is 4.77. The van der Waals surface area contributed by atoms with Crippen LogP contribution in [0.5, 0.6) is 0 Å². The summed E-state index contributed by atoms with van der Waals surface area (Å²) in [6.45, 7) is 4.32. The Hall–Kier alpha value is -0.870. The van der Waals surface area contributed by atoms with Gasteiger partial charge in [0.15, 0.2) is 0 Å². The van der Waals surface area contributed by atoms with Crippen molar-refractivity contribution in [3.05, 3.63) is 12.2 Å². The van der Waals surface area contributed by atoms with Crippen LogP contribution in [0.4, 0.5) is 0 Å². The van der Waals surface area contributed by atoms with E-state index in [2.05, 4.69) is 0 Å². The highest BCUT2D eigenvalue weighted by molar-refractivity contribution is 5.75. The lowest BCUT2D eigenvalue weighted by molar-refractivity contribution is -0.148. The quantitative estimate of drug-likeness (QED) is 0.567. The third-order valence-electron chi connectivity index (χ3n) is 2.92. The van der Waals surface area contributed by atoms with E-state index in [1.165, 1.54) is 0 Å². The fraction of sp³-hybridized carbons (Fsp3) is 0.750. The standard InChI is InChI=1S/C12H21NO3/c1-12(2,15-3)6-7-16-11(14)9-4-5-10(13)8-9/h4-5,9-10H,6-8,13H2,1-3H3. The molecular formula is C12H21NO3. The molecule has 0 aromatic rings. The molecule has 1 rings (SSSR count). The highest BCUT2D eigenvalue weighted by atomic mass is 16.5. The minimum atomic E-state index is -0.248. The summed E-state index contributed by atoms with van der Waals surface area (Å²) in [5, 5.41) is 0. The SMILES string of the molecule is COC(C)(C)CCOC(=O)C1C=CC(N)C1. The van der Waals surface area contributed by atoms with Gasteiger partial charge in [0.05, 0.1) is 18.1 Å². The molecule has 0 saturated heterocycles. The van der Waals surface area contributed by atoms with Crippen molar-refractivity contribution in [2.24, 2.45) is 11.7 Å². The summed E-state index contributed by atoms with van der Waals surface area (Å²) in [5.41, 5.74) is 5.42. The number of hydrogen-bond acceptors (Lipinski definition) is 4. The number of hydrogen-bond donors (Lipinski definition) is 1. The Kier molecular flexibility index (Phi) is 4.50. The second-order valence-corrected chi connectivity index (χ2v) is 4.77. The maximum absolute atomic E-state index is 11.6. The lowest BCUT2D eigenvalue weighted by Gasteiger charge is -2.22. The number of ether oxygens (including phenoxy) is 2. The van der Waals surface area contributed by atoms with E-state index in [0.717, 1.165) is 0 Å². The first kappa shape index (κ1) is 13.2. The zero-order valence-corrected chi connectivity index (χ0v) is 10.2. The maximum Gasteiger partial charge on any atom is 0.312 e. The van der Waals surface area contributed by atoms with E-state index in [0.29, 0.717) is 19.4 Å². The summed E-state index contributed by atoms with van der Waals surface area (Å²) >= 11 is 0. The van der Waals surface area contributed by atoms with Crippen molar-refractivity contribution in [2.45, 2.75) is 38.3 Å². The van der Waals surface area contributed by atoms with Crippen molar-refractivity contribution < 1.29 is 14.3 Å². The molecule has 0 saturated carbocycles. The van der Waals surface area contributed by atoms with Gasteiger partial charge in [-0.3, -0.25) is 4.79 Å². The lowest BCUT2D eigenvalue weighted by Crippen LogP contribution is -2.26. The molecule has 2 unspecified atom stereocenters.